The maximum Gasteiger partial charge on any atom is 0.248 e. The lowest BCUT2D eigenvalue weighted by atomic mass is 10.1. The van der Waals surface area contributed by atoms with Crippen LogP contribution in [-0.4, -0.2) is 5.91 Å². The van der Waals surface area contributed by atoms with Crippen molar-refractivity contribution in [3.05, 3.63) is 53.1 Å². The Bertz CT molecular complexity index is 599. The van der Waals surface area contributed by atoms with Crippen molar-refractivity contribution in [3.8, 4) is 0 Å². The Morgan fingerprint density at radius 2 is 1.83 bits per heavy atom. The van der Waals surface area contributed by atoms with Crippen LogP contribution in [0.1, 0.15) is 10.4 Å². The van der Waals surface area contributed by atoms with Gasteiger partial charge < -0.3 is 16.8 Å². The molecule has 0 aliphatic rings. The van der Waals surface area contributed by atoms with Crippen molar-refractivity contribution in [2.75, 3.05) is 11.1 Å². The third-order valence-electron chi connectivity index (χ3n) is 2.48. The molecule has 0 spiro atoms. The van der Waals surface area contributed by atoms with Gasteiger partial charge in [-0.15, -0.1) is 0 Å². The Morgan fingerprint density at radius 1 is 1.11 bits per heavy atom. The first-order chi connectivity index (χ1) is 8.58. The highest BCUT2D eigenvalue weighted by Gasteiger charge is 2.06. The molecule has 2 aromatic rings. The lowest BCUT2D eigenvalue weighted by molar-refractivity contribution is 0.100. The summed E-state index contributed by atoms with van der Waals surface area (Å²) in [6.07, 6.45) is 0. The number of benzene rings is 2. The number of nitrogens with one attached hydrogen (secondary N) is 1. The SMILES string of the molecule is NC(=O)c1ccc(Nc2ccccc2Cl)c(N)c1. The topological polar surface area (TPSA) is 81.1 Å². The molecule has 2 aromatic carbocycles. The van der Waals surface area contributed by atoms with Crippen LogP contribution in [0.2, 0.25) is 5.02 Å². The number of hydrogen-bond acceptors (Lipinski definition) is 3. The zero-order valence-electron chi connectivity index (χ0n) is 9.48. The number of halogens is 1. The van der Waals surface area contributed by atoms with E-state index in [0.29, 0.717) is 22.0 Å². The van der Waals surface area contributed by atoms with Crippen LogP contribution in [0.25, 0.3) is 0 Å². The number of nitrogens with two attached hydrogens (primary N) is 2. The molecule has 0 saturated carbocycles. The van der Waals surface area contributed by atoms with E-state index < -0.39 is 5.91 Å². The lowest BCUT2D eigenvalue weighted by Crippen LogP contribution is -2.11. The summed E-state index contributed by atoms with van der Waals surface area (Å²) in [6, 6.07) is 12.1. The number of nitrogen functional groups attached to an aromatic ring is 1. The summed E-state index contributed by atoms with van der Waals surface area (Å²) in [5.41, 5.74) is 13.2. The van der Waals surface area contributed by atoms with Crippen LogP contribution < -0.4 is 16.8 Å². The molecule has 2 rings (SSSR count). The summed E-state index contributed by atoms with van der Waals surface area (Å²) in [7, 11) is 0. The highest BCUT2D eigenvalue weighted by atomic mass is 35.5. The Morgan fingerprint density at radius 3 is 2.44 bits per heavy atom. The Kier molecular flexibility index (Phi) is 3.39. The molecular weight excluding hydrogens is 250 g/mol. The third kappa shape index (κ3) is 2.55. The fourth-order valence-electron chi connectivity index (χ4n) is 1.54. The maximum atomic E-state index is 11.0. The van der Waals surface area contributed by atoms with Crippen molar-refractivity contribution < 1.29 is 4.79 Å². The number of hydrogen-bond donors (Lipinski definition) is 3. The van der Waals surface area contributed by atoms with Crippen molar-refractivity contribution in [3.63, 3.8) is 0 Å². The smallest absolute Gasteiger partial charge is 0.248 e. The average molecular weight is 262 g/mol. The first-order valence-electron chi connectivity index (χ1n) is 5.29. The van der Waals surface area contributed by atoms with Crippen LogP contribution in [0.4, 0.5) is 17.1 Å². The highest BCUT2D eigenvalue weighted by molar-refractivity contribution is 6.33. The van der Waals surface area contributed by atoms with Crippen molar-refractivity contribution in [1.82, 2.24) is 0 Å². The van der Waals surface area contributed by atoms with Crippen LogP contribution in [0.5, 0.6) is 0 Å². The van der Waals surface area contributed by atoms with Crippen LogP contribution >= 0.6 is 11.6 Å². The van der Waals surface area contributed by atoms with Gasteiger partial charge in [-0.25, -0.2) is 0 Å². The molecule has 5 heteroatoms. The van der Waals surface area contributed by atoms with Crippen LogP contribution in [0.3, 0.4) is 0 Å². The molecule has 0 aromatic heterocycles. The number of amides is 1. The van der Waals surface area contributed by atoms with E-state index in [1.807, 2.05) is 18.2 Å². The molecule has 0 unspecified atom stereocenters. The second-order valence-corrected chi connectivity index (χ2v) is 4.18. The van der Waals surface area contributed by atoms with Crippen LogP contribution in [0, 0.1) is 0 Å². The molecule has 18 heavy (non-hydrogen) atoms. The number of primary amides is 1. The van der Waals surface area contributed by atoms with E-state index >= 15 is 0 Å². The van der Waals surface area contributed by atoms with Gasteiger partial charge in [0, 0.05) is 5.56 Å². The zero-order valence-corrected chi connectivity index (χ0v) is 10.2. The van der Waals surface area contributed by atoms with Gasteiger partial charge in [-0.1, -0.05) is 23.7 Å². The zero-order chi connectivity index (χ0) is 13.1. The van der Waals surface area contributed by atoms with Gasteiger partial charge >= 0.3 is 0 Å². The van der Waals surface area contributed by atoms with E-state index in [1.54, 1.807) is 18.2 Å². The number of para-hydroxylation sites is 1. The molecule has 5 N–H and O–H groups in total. The summed E-state index contributed by atoms with van der Waals surface area (Å²) >= 11 is 6.03. The molecule has 0 fully saturated rings. The second kappa shape index (κ2) is 4.98. The Labute approximate surface area is 110 Å². The molecular formula is C13H12ClN3O. The lowest BCUT2D eigenvalue weighted by Gasteiger charge is -2.11. The summed E-state index contributed by atoms with van der Waals surface area (Å²) in [4.78, 5) is 11.0. The Hall–Kier alpha value is -2.20. The first-order valence-corrected chi connectivity index (χ1v) is 5.66. The van der Waals surface area contributed by atoms with E-state index in [2.05, 4.69) is 5.32 Å². The minimum Gasteiger partial charge on any atom is -0.397 e. The largest absolute Gasteiger partial charge is 0.397 e. The van der Waals surface area contributed by atoms with Crippen molar-refractivity contribution >= 4 is 34.6 Å². The van der Waals surface area contributed by atoms with E-state index in [-0.39, 0.29) is 0 Å². The number of rotatable bonds is 3. The normalized spacial score (nSPS) is 10.1. The van der Waals surface area contributed by atoms with Gasteiger partial charge in [0.15, 0.2) is 0 Å². The molecule has 4 nitrogen and oxygen atoms in total. The molecule has 0 atom stereocenters. The number of carbonyl (C=O) groups is 1. The number of carbonyl (C=O) groups excluding carboxylic acids is 1. The molecule has 0 bridgehead atoms. The third-order valence-corrected chi connectivity index (χ3v) is 2.81. The standard InChI is InChI=1S/C13H12ClN3O/c14-9-3-1-2-4-11(9)17-12-6-5-8(13(16)18)7-10(12)15/h1-7,17H,15H2,(H2,16,18). The molecule has 0 aliphatic heterocycles. The second-order valence-electron chi connectivity index (χ2n) is 3.77. The van der Waals surface area contributed by atoms with Crippen LogP contribution in [-0.2, 0) is 0 Å². The maximum absolute atomic E-state index is 11.0. The van der Waals surface area contributed by atoms with Gasteiger partial charge in [0.05, 0.1) is 22.1 Å². The summed E-state index contributed by atoms with van der Waals surface area (Å²) in [5.74, 6) is -0.508. The molecule has 0 radical (unpaired) electrons. The van der Waals surface area contributed by atoms with Gasteiger partial charge in [0.25, 0.3) is 0 Å². The summed E-state index contributed by atoms with van der Waals surface area (Å²) in [5, 5.41) is 3.69. The number of anilines is 3. The van der Waals surface area contributed by atoms with Crippen molar-refractivity contribution in [2.24, 2.45) is 5.73 Å². The van der Waals surface area contributed by atoms with Gasteiger partial charge in [0.1, 0.15) is 0 Å². The summed E-state index contributed by atoms with van der Waals surface area (Å²) in [6.45, 7) is 0. The summed E-state index contributed by atoms with van der Waals surface area (Å²) < 4.78 is 0. The fraction of sp³-hybridized carbons (Fsp3) is 0. The minimum absolute atomic E-state index is 0.372. The van der Waals surface area contributed by atoms with Crippen molar-refractivity contribution in [1.29, 1.82) is 0 Å². The van der Waals surface area contributed by atoms with Gasteiger partial charge in [-0.2, -0.15) is 0 Å². The molecule has 0 heterocycles. The van der Waals surface area contributed by atoms with E-state index in [0.717, 1.165) is 5.69 Å². The van der Waals surface area contributed by atoms with Gasteiger partial charge in [0.2, 0.25) is 5.91 Å². The van der Waals surface area contributed by atoms with E-state index in [1.165, 1.54) is 6.07 Å². The average Bonchev–Trinajstić information content (AvgIpc) is 2.34. The molecule has 92 valence electrons. The molecule has 0 saturated heterocycles. The molecule has 1 amide bonds. The minimum atomic E-state index is -0.508. The Balaban J connectivity index is 2.30. The predicted octanol–water partition coefficient (Wildman–Crippen LogP) is 2.76. The monoisotopic (exact) mass is 261 g/mol. The van der Waals surface area contributed by atoms with Gasteiger partial charge in [-0.05, 0) is 30.3 Å². The van der Waals surface area contributed by atoms with E-state index in [9.17, 15) is 4.79 Å². The van der Waals surface area contributed by atoms with E-state index in [4.69, 9.17) is 23.1 Å². The fourth-order valence-corrected chi connectivity index (χ4v) is 1.72. The first kappa shape index (κ1) is 12.3. The predicted molar refractivity (Wildman–Crippen MR) is 74.1 cm³/mol. The van der Waals surface area contributed by atoms with Crippen LogP contribution in [0.15, 0.2) is 42.5 Å². The molecule has 0 aliphatic carbocycles. The van der Waals surface area contributed by atoms with Gasteiger partial charge in [-0.3, -0.25) is 4.79 Å². The van der Waals surface area contributed by atoms with Crippen molar-refractivity contribution in [2.45, 2.75) is 0 Å². The quantitative estimate of drug-likeness (QED) is 0.743. The highest BCUT2D eigenvalue weighted by Crippen LogP contribution is 2.28.